The van der Waals surface area contributed by atoms with Crippen LogP contribution in [0.3, 0.4) is 0 Å². The normalized spacial score (nSPS) is 13.8. The lowest BCUT2D eigenvalue weighted by Crippen LogP contribution is -2.30. The molecule has 0 aromatic carbocycles. The molecule has 64 heavy (non-hydrogen) atoms. The first-order chi connectivity index (χ1) is 31.3. The summed E-state index contributed by atoms with van der Waals surface area (Å²) in [5.41, 5.74) is 0. The van der Waals surface area contributed by atoms with E-state index in [1.54, 1.807) is 6.08 Å². The van der Waals surface area contributed by atoms with Crippen molar-refractivity contribution in [2.45, 2.75) is 225 Å². The number of carbonyl (C=O) groups excluding carboxylic acids is 3. The van der Waals surface area contributed by atoms with Gasteiger partial charge in [-0.25, -0.2) is 0 Å². The minimum atomic E-state index is -0.890. The molecule has 0 saturated heterocycles. The van der Waals surface area contributed by atoms with Gasteiger partial charge in [-0.15, -0.1) is 0 Å². The molecule has 0 spiro atoms. The van der Waals surface area contributed by atoms with Gasteiger partial charge >= 0.3 is 17.9 Å². The van der Waals surface area contributed by atoms with Crippen LogP contribution in [0.4, 0.5) is 0 Å². The first-order valence-electron chi connectivity index (χ1n) is 25.4. The lowest BCUT2D eigenvalue weighted by Gasteiger charge is -2.18. The molecule has 0 aromatic rings. The van der Waals surface area contributed by atoms with Gasteiger partial charge in [-0.05, 0) is 77.6 Å². The zero-order valence-corrected chi connectivity index (χ0v) is 40.7. The summed E-state index contributed by atoms with van der Waals surface area (Å²) >= 11 is 0. The molecule has 0 aromatic heterocycles. The van der Waals surface area contributed by atoms with E-state index in [4.69, 9.17) is 43.7 Å². The number of carbonyl (C=O) groups is 3. The third-order valence-electron chi connectivity index (χ3n) is 10.9. The highest BCUT2D eigenvalue weighted by Gasteiger charge is 2.19. The molecule has 3 N–H and O–H groups in total. The van der Waals surface area contributed by atoms with E-state index in [1.165, 1.54) is 38.5 Å². The van der Waals surface area contributed by atoms with Crippen molar-refractivity contribution in [3.63, 3.8) is 0 Å². The first kappa shape index (κ1) is 61.4. The Bertz CT molecular complexity index is 1140. The molecule has 0 bridgehead atoms. The highest BCUT2D eigenvalue weighted by atomic mass is 16.6. The number of ether oxygens (including phenoxy) is 6. The van der Waals surface area contributed by atoms with Gasteiger partial charge in [0.05, 0.1) is 64.4 Å². The topological polar surface area (TPSA) is 167 Å². The van der Waals surface area contributed by atoms with Gasteiger partial charge in [0.25, 0.3) is 0 Å². The lowest BCUT2D eigenvalue weighted by atomic mass is 10.1. The average Bonchev–Trinajstić information content (AvgIpc) is 3.29. The monoisotopic (exact) mass is 911 g/mol. The highest BCUT2D eigenvalue weighted by molar-refractivity contribution is 5.72. The number of esters is 3. The van der Waals surface area contributed by atoms with Gasteiger partial charge < -0.3 is 43.7 Å². The Morgan fingerprint density at radius 1 is 0.453 bits per heavy atom. The number of unbranched alkanes of at least 4 members (excludes halogenated alkanes) is 16. The molecule has 0 saturated carbocycles. The molecule has 0 aliphatic rings. The summed E-state index contributed by atoms with van der Waals surface area (Å²) in [5.74, 6) is -1.25. The maximum absolute atomic E-state index is 12.8. The molecule has 4 unspecified atom stereocenters. The number of allylic oxidation sites excluding steroid dienone is 2. The molecule has 0 fully saturated rings. The number of hydrogen-bond donors (Lipinski definition) is 3. The molecular formula is C52H94O12. The number of rotatable bonds is 48. The van der Waals surface area contributed by atoms with Crippen LogP contribution in [0.25, 0.3) is 0 Å². The van der Waals surface area contributed by atoms with E-state index in [0.717, 1.165) is 103 Å². The SMILES string of the molecule is CCCCCCC(C/C=C\CCCCCCCC(=O)OC(COC(=O)C/C=C/CC(C)OCCO)COC(=O)CCCCCCC/C=C/CC(CCCCCC)OCCO)OCCO. The smallest absolute Gasteiger partial charge is 0.309 e. The summed E-state index contributed by atoms with van der Waals surface area (Å²) in [5, 5.41) is 27.2. The van der Waals surface area contributed by atoms with Crippen LogP contribution < -0.4 is 0 Å². The Labute approximate surface area is 389 Å². The molecule has 12 nitrogen and oxygen atoms in total. The standard InChI is InChI=1S/C52H94O12/c1-4-6-8-22-31-47(60-42-39-54)33-24-18-14-10-12-16-20-26-35-50(56)62-44-49(45-63-51(57)36-29-28-30-46(3)59-41-38-53)64-52(58)37-27-21-17-13-11-15-19-25-34-48(61-43-40-55)32-23-9-7-5-2/h18-19,24-25,28-29,46-49,53-55H,4-17,20-23,26-27,30-45H2,1-3H3/b24-18+,25-19-,29-28+. The van der Waals surface area contributed by atoms with Gasteiger partial charge in [-0.3, -0.25) is 14.4 Å². The maximum Gasteiger partial charge on any atom is 0.309 e. The maximum atomic E-state index is 12.8. The predicted octanol–water partition coefficient (Wildman–Crippen LogP) is 10.8. The van der Waals surface area contributed by atoms with Gasteiger partial charge in [-0.2, -0.15) is 0 Å². The summed E-state index contributed by atoms with van der Waals surface area (Å²) in [6, 6.07) is 0. The summed E-state index contributed by atoms with van der Waals surface area (Å²) in [6.45, 7) is 7.01. The van der Waals surface area contributed by atoms with Crippen molar-refractivity contribution in [1.82, 2.24) is 0 Å². The van der Waals surface area contributed by atoms with Crippen molar-refractivity contribution in [3.05, 3.63) is 36.5 Å². The zero-order chi connectivity index (χ0) is 47.0. The second-order valence-electron chi connectivity index (χ2n) is 17.0. The van der Waals surface area contributed by atoms with Crippen LogP contribution in [0, 0.1) is 0 Å². The van der Waals surface area contributed by atoms with Crippen LogP contribution in [0.1, 0.15) is 201 Å². The van der Waals surface area contributed by atoms with Crippen molar-refractivity contribution in [3.8, 4) is 0 Å². The van der Waals surface area contributed by atoms with E-state index < -0.39 is 18.0 Å². The van der Waals surface area contributed by atoms with Gasteiger partial charge in [0.2, 0.25) is 0 Å². The quantitative estimate of drug-likeness (QED) is 0.0229. The molecule has 12 heteroatoms. The Kier molecular flexibility index (Phi) is 46.4. The van der Waals surface area contributed by atoms with E-state index >= 15 is 0 Å². The van der Waals surface area contributed by atoms with E-state index in [-0.39, 0.29) is 83.2 Å². The molecule has 374 valence electrons. The molecule has 0 aliphatic heterocycles. The highest BCUT2D eigenvalue weighted by Crippen LogP contribution is 2.16. The average molecular weight is 911 g/mol. The van der Waals surface area contributed by atoms with Crippen LogP contribution >= 0.6 is 0 Å². The van der Waals surface area contributed by atoms with E-state index in [0.29, 0.717) is 32.5 Å². The molecule has 4 atom stereocenters. The van der Waals surface area contributed by atoms with Crippen molar-refractivity contribution in [1.29, 1.82) is 0 Å². The van der Waals surface area contributed by atoms with Crippen LogP contribution in [0.2, 0.25) is 0 Å². The number of aliphatic hydroxyl groups excluding tert-OH is 3. The number of hydrogen-bond acceptors (Lipinski definition) is 12. The minimum Gasteiger partial charge on any atom is -0.462 e. The first-order valence-corrected chi connectivity index (χ1v) is 25.4. The molecule has 0 amide bonds. The zero-order valence-electron chi connectivity index (χ0n) is 40.7. The molecule has 0 radical (unpaired) electrons. The fraction of sp³-hybridized carbons (Fsp3) is 0.827. The van der Waals surface area contributed by atoms with Gasteiger partial charge in [0.15, 0.2) is 6.10 Å². The van der Waals surface area contributed by atoms with Crippen LogP contribution in [-0.2, 0) is 42.8 Å². The minimum absolute atomic E-state index is 0.0397. The Hall–Kier alpha value is -2.61. The second-order valence-corrected chi connectivity index (χ2v) is 17.0. The Balaban J connectivity index is 4.64. The fourth-order valence-corrected chi connectivity index (χ4v) is 7.08. The van der Waals surface area contributed by atoms with Gasteiger partial charge in [-0.1, -0.05) is 140 Å². The van der Waals surface area contributed by atoms with Crippen molar-refractivity contribution >= 4 is 17.9 Å². The molecule has 0 aliphatic carbocycles. The second kappa shape index (κ2) is 48.3. The van der Waals surface area contributed by atoms with E-state index in [9.17, 15) is 14.4 Å². The summed E-state index contributed by atoms with van der Waals surface area (Å²) in [6.07, 6.45) is 37.9. The largest absolute Gasteiger partial charge is 0.462 e. The van der Waals surface area contributed by atoms with E-state index in [2.05, 4.69) is 38.2 Å². The Morgan fingerprint density at radius 3 is 1.41 bits per heavy atom. The fourth-order valence-electron chi connectivity index (χ4n) is 7.08. The third-order valence-corrected chi connectivity index (χ3v) is 10.9. The van der Waals surface area contributed by atoms with Crippen molar-refractivity contribution in [2.24, 2.45) is 0 Å². The van der Waals surface area contributed by atoms with Crippen LogP contribution in [0.15, 0.2) is 36.5 Å². The van der Waals surface area contributed by atoms with Gasteiger partial charge in [0.1, 0.15) is 13.2 Å². The molecule has 0 rings (SSSR count). The Morgan fingerprint density at radius 2 is 0.891 bits per heavy atom. The van der Waals surface area contributed by atoms with Crippen LogP contribution in [0.5, 0.6) is 0 Å². The predicted molar refractivity (Wildman–Crippen MR) is 256 cm³/mol. The van der Waals surface area contributed by atoms with E-state index in [1.807, 2.05) is 13.0 Å². The van der Waals surface area contributed by atoms with Gasteiger partial charge in [0, 0.05) is 12.8 Å². The van der Waals surface area contributed by atoms with Crippen molar-refractivity contribution in [2.75, 3.05) is 52.9 Å². The van der Waals surface area contributed by atoms with Crippen LogP contribution in [-0.4, -0.2) is 110 Å². The molecular weight excluding hydrogens is 817 g/mol. The van der Waals surface area contributed by atoms with Crippen molar-refractivity contribution < 1.29 is 58.1 Å². The summed E-state index contributed by atoms with van der Waals surface area (Å²) < 4.78 is 33.6. The lowest BCUT2D eigenvalue weighted by molar-refractivity contribution is -0.166. The third kappa shape index (κ3) is 43.3. The molecule has 0 heterocycles. The summed E-state index contributed by atoms with van der Waals surface area (Å²) in [4.78, 5) is 37.9. The summed E-state index contributed by atoms with van der Waals surface area (Å²) in [7, 11) is 0. The number of aliphatic hydroxyl groups is 3.